The zero-order valence-electron chi connectivity index (χ0n) is 21.0. The van der Waals surface area contributed by atoms with E-state index in [9.17, 15) is 9.90 Å². The summed E-state index contributed by atoms with van der Waals surface area (Å²) < 4.78 is 0. The van der Waals surface area contributed by atoms with Crippen molar-refractivity contribution >= 4 is 5.78 Å². The SMILES string of the molecule is CC(C)CCC[C@@H](C)[C@H]1CC[C@H]2[C@@H]3CCC4=CC(=O)[C@H](CCO)C[C@]4(C)[C@H]3CC[C@]12C. The van der Waals surface area contributed by atoms with Crippen molar-refractivity contribution in [2.45, 2.75) is 105 Å². The van der Waals surface area contributed by atoms with E-state index in [2.05, 4.69) is 34.6 Å². The average molecular weight is 429 g/mol. The molecule has 176 valence electrons. The molecule has 0 aliphatic heterocycles. The summed E-state index contributed by atoms with van der Waals surface area (Å²) in [4.78, 5) is 12.6. The molecule has 2 heteroatoms. The van der Waals surface area contributed by atoms with Crippen LogP contribution >= 0.6 is 0 Å². The highest BCUT2D eigenvalue weighted by Crippen LogP contribution is 2.68. The minimum absolute atomic E-state index is 0.0446. The van der Waals surface area contributed by atoms with Gasteiger partial charge in [-0.15, -0.1) is 0 Å². The Labute approximate surface area is 191 Å². The molecule has 0 heterocycles. The van der Waals surface area contributed by atoms with Gasteiger partial charge in [-0.05, 0) is 104 Å². The molecule has 0 bridgehead atoms. The van der Waals surface area contributed by atoms with Gasteiger partial charge in [-0.2, -0.15) is 0 Å². The summed E-state index contributed by atoms with van der Waals surface area (Å²) in [6.45, 7) is 12.6. The van der Waals surface area contributed by atoms with Crippen molar-refractivity contribution in [1.82, 2.24) is 0 Å². The van der Waals surface area contributed by atoms with E-state index in [-0.39, 0.29) is 23.7 Å². The third-order valence-electron chi connectivity index (χ3n) is 10.8. The Bertz CT molecular complexity index is 693. The van der Waals surface area contributed by atoms with Crippen LogP contribution in [0.3, 0.4) is 0 Å². The maximum absolute atomic E-state index is 12.6. The lowest BCUT2D eigenvalue weighted by atomic mass is 9.45. The third-order valence-corrected chi connectivity index (χ3v) is 10.8. The van der Waals surface area contributed by atoms with E-state index >= 15 is 0 Å². The van der Waals surface area contributed by atoms with Crippen molar-refractivity contribution in [2.24, 2.45) is 52.3 Å². The van der Waals surface area contributed by atoms with Gasteiger partial charge in [-0.3, -0.25) is 4.79 Å². The third kappa shape index (κ3) is 4.09. The number of hydrogen-bond acceptors (Lipinski definition) is 2. The van der Waals surface area contributed by atoms with E-state index < -0.39 is 0 Å². The lowest BCUT2D eigenvalue weighted by Crippen LogP contribution is -2.52. The topological polar surface area (TPSA) is 37.3 Å². The first-order chi connectivity index (χ1) is 14.7. The molecule has 0 aromatic carbocycles. The number of hydrogen-bond donors (Lipinski definition) is 1. The molecule has 0 unspecified atom stereocenters. The molecule has 4 rings (SSSR count). The van der Waals surface area contributed by atoms with E-state index in [0.717, 1.165) is 48.3 Å². The maximum Gasteiger partial charge on any atom is 0.158 e. The predicted octanol–water partition coefficient (Wildman–Crippen LogP) is 7.21. The molecule has 4 aliphatic rings. The summed E-state index contributed by atoms with van der Waals surface area (Å²) in [5.74, 6) is 5.41. The molecular weight excluding hydrogens is 380 g/mol. The van der Waals surface area contributed by atoms with Crippen LogP contribution in [0, 0.1) is 52.3 Å². The number of allylic oxidation sites excluding steroid dienone is 1. The van der Waals surface area contributed by atoms with Gasteiger partial charge in [0.25, 0.3) is 0 Å². The fourth-order valence-corrected chi connectivity index (χ4v) is 9.17. The Balaban J connectivity index is 1.50. The van der Waals surface area contributed by atoms with Gasteiger partial charge in [0.2, 0.25) is 0 Å². The van der Waals surface area contributed by atoms with Gasteiger partial charge in [-0.25, -0.2) is 0 Å². The lowest BCUT2D eigenvalue weighted by molar-refractivity contribution is -0.123. The Hall–Kier alpha value is -0.630. The Morgan fingerprint density at radius 1 is 1.06 bits per heavy atom. The number of aliphatic hydroxyl groups excluding tert-OH is 1. The van der Waals surface area contributed by atoms with Gasteiger partial charge in [0.1, 0.15) is 0 Å². The Kier molecular flexibility index (Phi) is 6.80. The second kappa shape index (κ2) is 8.96. The first-order valence-corrected chi connectivity index (χ1v) is 13.6. The van der Waals surface area contributed by atoms with E-state index in [0.29, 0.717) is 11.8 Å². The van der Waals surface area contributed by atoms with Gasteiger partial charge in [0.15, 0.2) is 5.78 Å². The summed E-state index contributed by atoms with van der Waals surface area (Å²) >= 11 is 0. The molecule has 3 fully saturated rings. The maximum atomic E-state index is 12.6. The summed E-state index contributed by atoms with van der Waals surface area (Å²) in [7, 11) is 0. The van der Waals surface area contributed by atoms with Gasteiger partial charge in [0, 0.05) is 12.5 Å². The molecule has 0 aromatic heterocycles. The highest BCUT2D eigenvalue weighted by Gasteiger charge is 2.59. The minimum atomic E-state index is 0.0446. The van der Waals surface area contributed by atoms with Crippen molar-refractivity contribution in [3.8, 4) is 0 Å². The van der Waals surface area contributed by atoms with E-state index in [1.165, 1.54) is 56.9 Å². The highest BCUT2D eigenvalue weighted by atomic mass is 16.3. The first kappa shape index (κ1) is 23.5. The van der Waals surface area contributed by atoms with Crippen molar-refractivity contribution in [2.75, 3.05) is 6.61 Å². The van der Waals surface area contributed by atoms with Crippen LogP contribution in [-0.4, -0.2) is 17.5 Å². The Morgan fingerprint density at radius 3 is 2.55 bits per heavy atom. The molecule has 1 N–H and O–H groups in total. The van der Waals surface area contributed by atoms with Crippen LogP contribution in [0.25, 0.3) is 0 Å². The van der Waals surface area contributed by atoms with Crippen LogP contribution in [0.15, 0.2) is 11.6 Å². The fraction of sp³-hybridized carbons (Fsp3) is 0.897. The second-order valence-electron chi connectivity index (χ2n) is 12.8. The number of aliphatic hydroxyl groups is 1. The van der Waals surface area contributed by atoms with Gasteiger partial charge >= 0.3 is 0 Å². The molecule has 4 aliphatic carbocycles. The molecule has 0 amide bonds. The number of rotatable bonds is 7. The molecule has 31 heavy (non-hydrogen) atoms. The second-order valence-corrected chi connectivity index (χ2v) is 12.8. The molecule has 2 nitrogen and oxygen atoms in total. The van der Waals surface area contributed by atoms with Crippen LogP contribution in [0.5, 0.6) is 0 Å². The molecule has 8 atom stereocenters. The van der Waals surface area contributed by atoms with E-state index in [1.807, 2.05) is 6.08 Å². The van der Waals surface area contributed by atoms with Crippen LogP contribution < -0.4 is 0 Å². The monoisotopic (exact) mass is 428 g/mol. The minimum Gasteiger partial charge on any atom is -0.396 e. The smallest absolute Gasteiger partial charge is 0.158 e. The molecular formula is C29H48O2. The summed E-state index contributed by atoms with van der Waals surface area (Å²) in [6.07, 6.45) is 15.9. The van der Waals surface area contributed by atoms with Crippen LogP contribution in [0.1, 0.15) is 105 Å². The average Bonchev–Trinajstić information content (AvgIpc) is 3.06. The first-order valence-electron chi connectivity index (χ1n) is 13.6. The number of ketones is 1. The van der Waals surface area contributed by atoms with E-state index in [1.54, 1.807) is 0 Å². The van der Waals surface area contributed by atoms with Crippen molar-refractivity contribution in [3.05, 3.63) is 11.6 Å². The largest absolute Gasteiger partial charge is 0.396 e. The number of carbonyl (C=O) groups is 1. The summed E-state index contributed by atoms with van der Waals surface area (Å²) in [5.41, 5.74) is 2.18. The van der Waals surface area contributed by atoms with Gasteiger partial charge < -0.3 is 5.11 Å². The van der Waals surface area contributed by atoms with E-state index in [4.69, 9.17) is 0 Å². The molecule has 0 radical (unpaired) electrons. The number of fused-ring (bicyclic) bond motifs is 5. The van der Waals surface area contributed by atoms with Gasteiger partial charge in [0.05, 0.1) is 0 Å². The van der Waals surface area contributed by atoms with Crippen molar-refractivity contribution in [1.29, 1.82) is 0 Å². The van der Waals surface area contributed by atoms with Crippen LogP contribution in [0.2, 0.25) is 0 Å². The molecule has 0 aromatic rings. The standard InChI is InChI=1S/C29H48O2/c1-19(2)7-6-8-20(3)24-11-12-25-23-10-9-22-17-27(31)21(14-16-30)18-29(22,5)26(23)13-15-28(24,25)4/h17,19-21,23-26,30H,6-16,18H2,1-5H3/t20-,21-,23+,24-,25+,26+,28-,29+/m1/s1. The lowest BCUT2D eigenvalue weighted by Gasteiger charge is -2.59. The fourth-order valence-electron chi connectivity index (χ4n) is 9.17. The van der Waals surface area contributed by atoms with Crippen LogP contribution in [0.4, 0.5) is 0 Å². The zero-order valence-corrected chi connectivity index (χ0v) is 21.0. The summed E-state index contributed by atoms with van der Waals surface area (Å²) in [5, 5.41) is 9.51. The van der Waals surface area contributed by atoms with Crippen LogP contribution in [-0.2, 0) is 4.79 Å². The molecule has 3 saturated carbocycles. The summed E-state index contributed by atoms with van der Waals surface area (Å²) in [6, 6.07) is 0. The predicted molar refractivity (Wildman–Crippen MR) is 129 cm³/mol. The zero-order chi connectivity index (χ0) is 22.4. The molecule has 0 spiro atoms. The quantitative estimate of drug-likeness (QED) is 0.465. The molecule has 0 saturated heterocycles. The van der Waals surface area contributed by atoms with Crippen molar-refractivity contribution in [3.63, 3.8) is 0 Å². The Morgan fingerprint density at radius 2 is 1.84 bits per heavy atom. The normalized spacial score (nSPS) is 43.3. The van der Waals surface area contributed by atoms with Gasteiger partial charge in [-0.1, -0.05) is 59.5 Å². The number of carbonyl (C=O) groups excluding carboxylic acids is 1. The highest BCUT2D eigenvalue weighted by molar-refractivity contribution is 5.93. The van der Waals surface area contributed by atoms with Crippen molar-refractivity contribution < 1.29 is 9.90 Å².